The van der Waals surface area contributed by atoms with Gasteiger partial charge in [0.05, 0.1) is 13.0 Å². The van der Waals surface area contributed by atoms with Crippen LogP contribution in [0.5, 0.6) is 0 Å². The van der Waals surface area contributed by atoms with Gasteiger partial charge in [0.25, 0.3) is 0 Å². The van der Waals surface area contributed by atoms with Crippen molar-refractivity contribution in [2.75, 3.05) is 7.11 Å². The molecule has 0 amide bonds. The van der Waals surface area contributed by atoms with Crippen LogP contribution in [0.3, 0.4) is 0 Å². The van der Waals surface area contributed by atoms with Gasteiger partial charge in [-0.3, -0.25) is 4.79 Å². The zero-order valence-electron chi connectivity index (χ0n) is 13.5. The SMILES string of the molecule is COC(=O)C1CCC2=C3C(CC2)CCC32CCCC[C@@]12C. The molecule has 0 radical (unpaired) electrons. The number of allylic oxidation sites excluding steroid dienone is 2. The molecular weight excluding hydrogens is 260 g/mol. The monoisotopic (exact) mass is 288 g/mol. The minimum Gasteiger partial charge on any atom is -0.469 e. The van der Waals surface area contributed by atoms with Gasteiger partial charge in [0.1, 0.15) is 0 Å². The molecule has 0 aromatic rings. The van der Waals surface area contributed by atoms with Crippen molar-refractivity contribution in [2.24, 2.45) is 22.7 Å². The molecule has 3 unspecified atom stereocenters. The van der Waals surface area contributed by atoms with Gasteiger partial charge in [-0.05, 0) is 68.1 Å². The zero-order valence-corrected chi connectivity index (χ0v) is 13.5. The van der Waals surface area contributed by atoms with Gasteiger partial charge >= 0.3 is 5.97 Å². The summed E-state index contributed by atoms with van der Waals surface area (Å²) in [5.41, 5.74) is 4.08. The van der Waals surface area contributed by atoms with E-state index < -0.39 is 0 Å². The van der Waals surface area contributed by atoms with Crippen molar-refractivity contribution in [1.29, 1.82) is 0 Å². The second-order valence-electron chi connectivity index (χ2n) is 8.11. The van der Waals surface area contributed by atoms with Gasteiger partial charge in [-0.15, -0.1) is 0 Å². The summed E-state index contributed by atoms with van der Waals surface area (Å²) in [7, 11) is 1.57. The van der Waals surface area contributed by atoms with Crippen molar-refractivity contribution in [3.63, 3.8) is 0 Å². The van der Waals surface area contributed by atoms with Crippen molar-refractivity contribution >= 4 is 5.97 Å². The highest BCUT2D eigenvalue weighted by Gasteiger charge is 2.62. The van der Waals surface area contributed by atoms with E-state index in [1.165, 1.54) is 51.4 Å². The van der Waals surface area contributed by atoms with E-state index in [4.69, 9.17) is 4.74 Å². The molecule has 0 heterocycles. The Balaban J connectivity index is 1.86. The van der Waals surface area contributed by atoms with Crippen LogP contribution in [0.1, 0.15) is 71.1 Å². The normalized spacial score (nSPS) is 45.0. The van der Waals surface area contributed by atoms with E-state index in [0.717, 1.165) is 18.8 Å². The van der Waals surface area contributed by atoms with Crippen LogP contribution in [0.15, 0.2) is 11.1 Å². The molecule has 4 aliphatic rings. The summed E-state index contributed by atoms with van der Waals surface area (Å²) < 4.78 is 5.23. The van der Waals surface area contributed by atoms with Crippen LogP contribution in [0, 0.1) is 22.7 Å². The predicted octanol–water partition coefficient (Wildman–Crippen LogP) is 4.64. The lowest BCUT2D eigenvalue weighted by molar-refractivity contribution is -0.156. The zero-order chi connectivity index (χ0) is 14.7. The van der Waals surface area contributed by atoms with E-state index in [-0.39, 0.29) is 17.3 Å². The Morgan fingerprint density at radius 3 is 2.67 bits per heavy atom. The van der Waals surface area contributed by atoms with Crippen LogP contribution < -0.4 is 0 Å². The van der Waals surface area contributed by atoms with Crippen LogP contribution in [0.25, 0.3) is 0 Å². The third kappa shape index (κ3) is 1.62. The summed E-state index contributed by atoms with van der Waals surface area (Å²) in [5.74, 6) is 1.03. The first-order valence-corrected chi connectivity index (χ1v) is 8.93. The molecule has 0 aromatic heterocycles. The highest BCUT2D eigenvalue weighted by atomic mass is 16.5. The van der Waals surface area contributed by atoms with E-state index in [1.807, 2.05) is 5.57 Å². The molecule has 2 nitrogen and oxygen atoms in total. The van der Waals surface area contributed by atoms with E-state index in [2.05, 4.69) is 6.92 Å². The Morgan fingerprint density at radius 1 is 1.10 bits per heavy atom. The summed E-state index contributed by atoms with van der Waals surface area (Å²) in [5, 5.41) is 0. The Labute approximate surface area is 128 Å². The topological polar surface area (TPSA) is 26.3 Å². The minimum absolute atomic E-state index is 0.0587. The molecular formula is C19H28O2. The molecule has 1 spiro atoms. The highest BCUT2D eigenvalue weighted by molar-refractivity contribution is 5.74. The van der Waals surface area contributed by atoms with Crippen molar-refractivity contribution in [2.45, 2.75) is 71.1 Å². The molecule has 2 saturated carbocycles. The van der Waals surface area contributed by atoms with Gasteiger partial charge in [0, 0.05) is 0 Å². The van der Waals surface area contributed by atoms with Crippen molar-refractivity contribution in [3.05, 3.63) is 11.1 Å². The molecule has 0 aliphatic heterocycles. The molecule has 21 heavy (non-hydrogen) atoms. The molecule has 116 valence electrons. The molecule has 4 atom stereocenters. The molecule has 2 fully saturated rings. The summed E-state index contributed by atoms with van der Waals surface area (Å²) in [6.07, 6.45) is 12.8. The van der Waals surface area contributed by atoms with Gasteiger partial charge in [-0.2, -0.15) is 0 Å². The summed E-state index contributed by atoms with van der Waals surface area (Å²) in [6.45, 7) is 2.43. The Hall–Kier alpha value is -0.790. The second kappa shape index (κ2) is 4.60. The second-order valence-corrected chi connectivity index (χ2v) is 8.11. The summed E-state index contributed by atoms with van der Waals surface area (Å²) in [4.78, 5) is 12.5. The van der Waals surface area contributed by atoms with Crippen molar-refractivity contribution < 1.29 is 9.53 Å². The first-order chi connectivity index (χ1) is 10.1. The number of rotatable bonds is 1. The van der Waals surface area contributed by atoms with Crippen LogP contribution in [0.4, 0.5) is 0 Å². The first-order valence-electron chi connectivity index (χ1n) is 8.93. The number of hydrogen-bond acceptors (Lipinski definition) is 2. The first kappa shape index (κ1) is 13.8. The van der Waals surface area contributed by atoms with Crippen LogP contribution >= 0.6 is 0 Å². The van der Waals surface area contributed by atoms with Gasteiger partial charge < -0.3 is 4.74 Å². The Kier molecular flexibility index (Phi) is 3.03. The average molecular weight is 288 g/mol. The van der Waals surface area contributed by atoms with Gasteiger partial charge in [-0.25, -0.2) is 0 Å². The fourth-order valence-electron chi connectivity index (χ4n) is 6.71. The summed E-state index contributed by atoms with van der Waals surface area (Å²) >= 11 is 0. The van der Waals surface area contributed by atoms with Crippen molar-refractivity contribution in [1.82, 2.24) is 0 Å². The standard InChI is InChI=1S/C19H28O2/c1-18-10-3-4-11-19(18)12-9-14-6-5-13(16(14)19)7-8-15(18)17(20)21-2/h14-15H,3-12H2,1-2H3/t14?,15?,18-,19?/m0/s1. The number of ether oxygens (including phenoxy) is 1. The molecule has 4 aliphatic carbocycles. The number of carbonyl (C=O) groups excluding carboxylic acids is 1. The maximum absolute atomic E-state index is 12.5. The summed E-state index contributed by atoms with van der Waals surface area (Å²) in [6, 6.07) is 0. The van der Waals surface area contributed by atoms with Crippen LogP contribution in [-0.4, -0.2) is 13.1 Å². The third-order valence-corrected chi connectivity index (χ3v) is 7.65. The molecule has 2 heteroatoms. The van der Waals surface area contributed by atoms with E-state index >= 15 is 0 Å². The van der Waals surface area contributed by atoms with E-state index in [1.54, 1.807) is 12.7 Å². The number of methoxy groups -OCH3 is 1. The average Bonchev–Trinajstić information content (AvgIpc) is 3.02. The minimum atomic E-state index is 0.0587. The maximum atomic E-state index is 12.5. The Morgan fingerprint density at radius 2 is 1.86 bits per heavy atom. The lowest BCUT2D eigenvalue weighted by Crippen LogP contribution is -2.49. The third-order valence-electron chi connectivity index (χ3n) is 7.65. The Bertz CT molecular complexity index is 502. The smallest absolute Gasteiger partial charge is 0.309 e. The molecule has 0 aromatic carbocycles. The number of hydrogen-bond donors (Lipinski definition) is 0. The van der Waals surface area contributed by atoms with Crippen molar-refractivity contribution in [3.8, 4) is 0 Å². The lowest BCUT2D eigenvalue weighted by Gasteiger charge is -2.54. The number of esters is 1. The van der Waals surface area contributed by atoms with E-state index in [9.17, 15) is 4.79 Å². The molecule has 0 N–H and O–H groups in total. The maximum Gasteiger partial charge on any atom is 0.309 e. The highest BCUT2D eigenvalue weighted by Crippen LogP contribution is 2.70. The molecule has 0 bridgehead atoms. The van der Waals surface area contributed by atoms with Crippen LogP contribution in [-0.2, 0) is 9.53 Å². The fraction of sp³-hybridized carbons (Fsp3) is 0.842. The van der Waals surface area contributed by atoms with Gasteiger partial charge in [0.15, 0.2) is 0 Å². The quantitative estimate of drug-likeness (QED) is 0.519. The van der Waals surface area contributed by atoms with E-state index in [0.29, 0.717) is 5.41 Å². The largest absolute Gasteiger partial charge is 0.469 e. The van der Waals surface area contributed by atoms with Crippen LogP contribution in [0.2, 0.25) is 0 Å². The number of carbonyl (C=O) groups is 1. The fourth-order valence-corrected chi connectivity index (χ4v) is 6.71. The molecule has 4 rings (SSSR count). The van der Waals surface area contributed by atoms with Gasteiger partial charge in [-0.1, -0.05) is 30.9 Å². The lowest BCUT2D eigenvalue weighted by atomic mass is 9.50. The predicted molar refractivity (Wildman–Crippen MR) is 82.7 cm³/mol. The van der Waals surface area contributed by atoms with Gasteiger partial charge in [0.2, 0.25) is 0 Å². The molecule has 0 saturated heterocycles.